The van der Waals surface area contributed by atoms with Gasteiger partial charge in [0.1, 0.15) is 0 Å². The number of rotatable bonds is 8. The van der Waals surface area contributed by atoms with E-state index in [1.807, 2.05) is 5.57 Å². The molecule has 4 aliphatic carbocycles. The van der Waals surface area contributed by atoms with Crippen molar-refractivity contribution in [1.82, 2.24) is 0 Å². The first kappa shape index (κ1) is 23.9. The summed E-state index contributed by atoms with van der Waals surface area (Å²) >= 11 is 5.56. The van der Waals surface area contributed by atoms with E-state index >= 15 is 0 Å². The molecule has 0 aromatic carbocycles. The molecule has 4 rings (SSSR count). The molecule has 3 fully saturated rings. The van der Waals surface area contributed by atoms with Gasteiger partial charge in [-0.25, -0.2) is 0 Å². The van der Waals surface area contributed by atoms with Crippen LogP contribution < -0.4 is 5.73 Å². The van der Waals surface area contributed by atoms with Crippen LogP contribution in [-0.2, 0) is 0 Å². The molecule has 3 saturated carbocycles. The second kappa shape index (κ2) is 9.96. The highest BCUT2D eigenvalue weighted by molar-refractivity contribution is 7.81. The second-order valence-electron chi connectivity index (χ2n) is 12.3. The number of hydrogen-bond acceptors (Lipinski definition) is 2. The average molecular weight is 444 g/mol. The van der Waals surface area contributed by atoms with Crippen molar-refractivity contribution in [2.45, 2.75) is 103 Å². The van der Waals surface area contributed by atoms with Crippen LogP contribution in [-0.4, -0.2) is 11.3 Å². The first-order valence-corrected chi connectivity index (χ1v) is 14.0. The highest BCUT2D eigenvalue weighted by Gasteiger charge is 2.57. The molecular weight excluding hydrogens is 394 g/mol. The Kier molecular flexibility index (Phi) is 7.69. The number of nitrogens with two attached hydrogens (primary N) is 1. The summed E-state index contributed by atoms with van der Waals surface area (Å²) in [5, 5.41) is 0. The molecule has 0 heterocycles. The summed E-state index contributed by atoms with van der Waals surface area (Å²) in [6.45, 7) is 12.1. The minimum atomic E-state index is 0.308. The fourth-order valence-corrected chi connectivity index (χ4v) is 9.42. The molecule has 176 valence electrons. The lowest BCUT2D eigenvalue weighted by atomic mass is 9.55. The zero-order valence-corrected chi connectivity index (χ0v) is 21.5. The number of thiol groups is 1. The van der Waals surface area contributed by atoms with Crippen LogP contribution in [0.1, 0.15) is 97.8 Å². The number of hydrogen-bond donors (Lipinski definition) is 2. The molecule has 31 heavy (non-hydrogen) atoms. The monoisotopic (exact) mass is 443 g/mol. The summed E-state index contributed by atoms with van der Waals surface area (Å²) in [7, 11) is 0. The van der Waals surface area contributed by atoms with Crippen molar-refractivity contribution >= 4 is 12.6 Å². The highest BCUT2D eigenvalue weighted by Crippen LogP contribution is 2.63. The minimum absolute atomic E-state index is 0.308. The van der Waals surface area contributed by atoms with Crippen molar-refractivity contribution in [1.29, 1.82) is 0 Å². The Morgan fingerprint density at radius 2 is 1.97 bits per heavy atom. The third-order valence-electron chi connectivity index (χ3n) is 10.2. The van der Waals surface area contributed by atoms with Crippen LogP contribution in [0, 0.1) is 47.3 Å². The predicted molar refractivity (Wildman–Crippen MR) is 138 cm³/mol. The molecular formula is C29H49NS. The van der Waals surface area contributed by atoms with Crippen molar-refractivity contribution in [3.63, 3.8) is 0 Å². The molecule has 9 unspecified atom stereocenters. The van der Waals surface area contributed by atoms with E-state index in [1.54, 1.807) is 0 Å². The van der Waals surface area contributed by atoms with Gasteiger partial charge in [0.05, 0.1) is 0 Å². The molecule has 0 aliphatic heterocycles. The van der Waals surface area contributed by atoms with E-state index in [-0.39, 0.29) is 0 Å². The van der Waals surface area contributed by atoms with Crippen LogP contribution in [0.5, 0.6) is 0 Å². The summed E-state index contributed by atoms with van der Waals surface area (Å²) in [4.78, 5) is 0. The minimum Gasteiger partial charge on any atom is -0.330 e. The van der Waals surface area contributed by atoms with Crippen molar-refractivity contribution in [3.05, 3.63) is 23.8 Å². The SMILES string of the molecule is C=C(C)CC1CCC2C(=CCC3C2CCC2(S)C(C(C)CCCC(C)CN)CCC32)C1. The largest absolute Gasteiger partial charge is 0.330 e. The van der Waals surface area contributed by atoms with Gasteiger partial charge in [-0.05, 0) is 125 Å². The highest BCUT2D eigenvalue weighted by atomic mass is 32.1. The molecule has 2 N–H and O–H groups in total. The van der Waals surface area contributed by atoms with E-state index < -0.39 is 0 Å². The molecule has 0 amide bonds. The Hall–Kier alpha value is -0.210. The Labute approximate surface area is 198 Å². The molecule has 0 aromatic rings. The van der Waals surface area contributed by atoms with E-state index in [0.29, 0.717) is 10.7 Å². The van der Waals surface area contributed by atoms with Gasteiger partial charge in [0, 0.05) is 4.75 Å². The summed E-state index contributed by atoms with van der Waals surface area (Å²) < 4.78 is 0.308. The quantitative estimate of drug-likeness (QED) is 0.290. The van der Waals surface area contributed by atoms with Gasteiger partial charge < -0.3 is 5.73 Å². The first-order chi connectivity index (χ1) is 14.8. The van der Waals surface area contributed by atoms with E-state index in [4.69, 9.17) is 18.4 Å². The van der Waals surface area contributed by atoms with Gasteiger partial charge in [-0.2, -0.15) is 12.6 Å². The van der Waals surface area contributed by atoms with E-state index in [9.17, 15) is 0 Å². The molecule has 0 bridgehead atoms. The normalized spacial score (nSPS) is 41.5. The molecule has 4 aliphatic rings. The predicted octanol–water partition coefficient (Wildman–Crippen LogP) is 7.82. The average Bonchev–Trinajstić information content (AvgIpc) is 3.10. The number of fused-ring (bicyclic) bond motifs is 5. The van der Waals surface area contributed by atoms with Crippen molar-refractivity contribution in [3.8, 4) is 0 Å². The van der Waals surface area contributed by atoms with Crippen LogP contribution in [0.25, 0.3) is 0 Å². The standard InChI is InChI=1S/C29H49NS/c1-19(2)16-22-8-10-24-23(17-22)9-11-26-25(24)14-15-29(31)27(12-13-28(26)29)21(4)7-5-6-20(3)18-30/h9,20-22,24-28,31H,1,5-8,10-18,30H2,2-4H3. The molecule has 9 atom stereocenters. The van der Waals surface area contributed by atoms with Crippen LogP contribution in [0.3, 0.4) is 0 Å². The lowest BCUT2D eigenvalue weighted by molar-refractivity contribution is 0.0565. The fourth-order valence-electron chi connectivity index (χ4n) is 8.59. The van der Waals surface area contributed by atoms with E-state index in [2.05, 4.69) is 33.4 Å². The van der Waals surface area contributed by atoms with Gasteiger partial charge in [0.15, 0.2) is 0 Å². The maximum absolute atomic E-state index is 5.84. The van der Waals surface area contributed by atoms with Gasteiger partial charge in [0.25, 0.3) is 0 Å². The summed E-state index contributed by atoms with van der Waals surface area (Å²) in [5.74, 6) is 6.80. The molecule has 0 spiro atoms. The van der Waals surface area contributed by atoms with Gasteiger partial charge in [-0.15, -0.1) is 6.58 Å². The third kappa shape index (κ3) is 4.86. The van der Waals surface area contributed by atoms with Crippen LogP contribution in [0.2, 0.25) is 0 Å². The third-order valence-corrected chi connectivity index (χ3v) is 11.0. The van der Waals surface area contributed by atoms with E-state index in [1.165, 1.54) is 82.6 Å². The maximum Gasteiger partial charge on any atom is 0.0191 e. The van der Waals surface area contributed by atoms with Crippen LogP contribution >= 0.6 is 12.6 Å². The summed E-state index contributed by atoms with van der Waals surface area (Å²) in [6, 6.07) is 0. The smallest absolute Gasteiger partial charge is 0.0191 e. The van der Waals surface area contributed by atoms with Crippen molar-refractivity contribution in [2.24, 2.45) is 53.1 Å². The molecule has 0 aromatic heterocycles. The summed E-state index contributed by atoms with van der Waals surface area (Å²) in [6.07, 6.45) is 19.2. The Balaban J connectivity index is 1.40. The maximum atomic E-state index is 5.84. The van der Waals surface area contributed by atoms with Crippen LogP contribution in [0.15, 0.2) is 23.8 Å². The summed E-state index contributed by atoms with van der Waals surface area (Å²) in [5.41, 5.74) is 9.05. The Bertz CT molecular complexity index is 668. The molecule has 2 heteroatoms. The van der Waals surface area contributed by atoms with Crippen molar-refractivity contribution < 1.29 is 0 Å². The molecule has 0 radical (unpaired) electrons. The Morgan fingerprint density at radius 3 is 2.71 bits per heavy atom. The molecule has 0 saturated heterocycles. The Morgan fingerprint density at radius 1 is 1.16 bits per heavy atom. The lowest BCUT2D eigenvalue weighted by Crippen LogP contribution is -2.49. The zero-order valence-electron chi connectivity index (χ0n) is 20.6. The first-order valence-electron chi connectivity index (χ1n) is 13.6. The van der Waals surface area contributed by atoms with Crippen molar-refractivity contribution in [2.75, 3.05) is 6.54 Å². The lowest BCUT2D eigenvalue weighted by Gasteiger charge is -2.54. The van der Waals surface area contributed by atoms with Gasteiger partial charge in [-0.3, -0.25) is 0 Å². The van der Waals surface area contributed by atoms with Gasteiger partial charge >= 0.3 is 0 Å². The van der Waals surface area contributed by atoms with Crippen LogP contribution in [0.4, 0.5) is 0 Å². The van der Waals surface area contributed by atoms with Gasteiger partial charge in [-0.1, -0.05) is 43.9 Å². The van der Waals surface area contributed by atoms with Gasteiger partial charge in [0.2, 0.25) is 0 Å². The zero-order chi connectivity index (χ0) is 22.2. The molecule has 1 nitrogen and oxygen atoms in total. The fraction of sp³-hybridized carbons (Fsp3) is 0.862. The van der Waals surface area contributed by atoms with E-state index in [0.717, 1.165) is 48.0 Å². The number of allylic oxidation sites excluding steroid dienone is 3. The topological polar surface area (TPSA) is 26.0 Å². The second-order valence-corrected chi connectivity index (χ2v) is 13.2.